The molecule has 0 bridgehead atoms. The highest BCUT2D eigenvalue weighted by Crippen LogP contribution is 2.20. The van der Waals surface area contributed by atoms with Crippen LogP contribution in [-0.4, -0.2) is 31.1 Å². The zero-order valence-corrected chi connectivity index (χ0v) is 16.5. The molecule has 0 aromatic heterocycles. The van der Waals surface area contributed by atoms with E-state index in [0.717, 1.165) is 38.0 Å². The van der Waals surface area contributed by atoms with Crippen molar-refractivity contribution in [1.82, 2.24) is 5.32 Å². The minimum Gasteiger partial charge on any atom is -0.372 e. The number of hydrogen-bond donors (Lipinski definition) is 3. The molecule has 0 saturated heterocycles. The third kappa shape index (κ3) is 5.49. The fourth-order valence-corrected chi connectivity index (χ4v) is 2.98. The van der Waals surface area contributed by atoms with E-state index in [1.807, 2.05) is 24.3 Å². The number of hydrogen-bond acceptors (Lipinski definition) is 3. The van der Waals surface area contributed by atoms with Gasteiger partial charge in [-0.1, -0.05) is 6.92 Å². The summed E-state index contributed by atoms with van der Waals surface area (Å²) in [6.07, 6.45) is 3.19. The van der Waals surface area contributed by atoms with Gasteiger partial charge in [0.25, 0.3) is 5.91 Å². The fraction of sp³-hybridized carbons (Fsp3) is 0.364. The lowest BCUT2D eigenvalue weighted by Crippen LogP contribution is -2.30. The molecule has 1 fully saturated rings. The van der Waals surface area contributed by atoms with Crippen LogP contribution < -0.4 is 20.9 Å². The number of carbonyl (C=O) groups is 2. The quantitative estimate of drug-likeness (QED) is 0.633. The Morgan fingerprint density at radius 1 is 0.929 bits per heavy atom. The van der Waals surface area contributed by atoms with Crippen molar-refractivity contribution in [2.24, 2.45) is 0 Å². The molecule has 0 heterocycles. The van der Waals surface area contributed by atoms with Crippen molar-refractivity contribution in [2.45, 2.75) is 39.2 Å². The average Bonchev–Trinajstić information content (AvgIpc) is 3.51. The van der Waals surface area contributed by atoms with E-state index in [4.69, 9.17) is 0 Å². The molecule has 1 saturated carbocycles. The van der Waals surface area contributed by atoms with Gasteiger partial charge in [-0.2, -0.15) is 0 Å². The van der Waals surface area contributed by atoms with Crippen LogP contribution in [0.15, 0.2) is 48.5 Å². The Hall–Kier alpha value is -3.02. The van der Waals surface area contributed by atoms with Crippen molar-refractivity contribution < 1.29 is 9.59 Å². The molecule has 2 aromatic carbocycles. The number of rotatable bonds is 8. The van der Waals surface area contributed by atoms with Gasteiger partial charge in [-0.3, -0.25) is 4.79 Å². The van der Waals surface area contributed by atoms with Crippen molar-refractivity contribution in [3.63, 3.8) is 0 Å². The fourth-order valence-electron chi connectivity index (χ4n) is 2.98. The second-order valence-corrected chi connectivity index (χ2v) is 7.03. The molecule has 1 aliphatic carbocycles. The minimum absolute atomic E-state index is 0.155. The van der Waals surface area contributed by atoms with Gasteiger partial charge in [0.2, 0.25) is 0 Å². The van der Waals surface area contributed by atoms with Crippen LogP contribution in [-0.2, 0) is 0 Å². The van der Waals surface area contributed by atoms with Crippen LogP contribution in [0.2, 0.25) is 0 Å². The number of anilines is 3. The molecule has 3 N–H and O–H groups in total. The van der Waals surface area contributed by atoms with E-state index >= 15 is 0 Å². The highest BCUT2D eigenvalue weighted by Gasteiger charge is 2.23. The Labute approximate surface area is 166 Å². The zero-order chi connectivity index (χ0) is 19.9. The van der Waals surface area contributed by atoms with E-state index < -0.39 is 0 Å². The molecule has 28 heavy (non-hydrogen) atoms. The lowest BCUT2D eigenvalue weighted by atomic mass is 10.1. The summed E-state index contributed by atoms with van der Waals surface area (Å²) in [6, 6.07) is 14.9. The summed E-state index contributed by atoms with van der Waals surface area (Å²) in [5.74, 6) is -0.155. The summed E-state index contributed by atoms with van der Waals surface area (Å²) >= 11 is 0. The third-order valence-corrected chi connectivity index (χ3v) is 4.68. The van der Waals surface area contributed by atoms with Crippen molar-refractivity contribution in [1.29, 1.82) is 0 Å². The minimum atomic E-state index is -0.191. The maximum absolute atomic E-state index is 12.5. The first-order chi connectivity index (χ1) is 13.6. The standard InChI is InChI=1S/C22H28N4O2/c1-3-15-26(4-2)20-13-5-16(6-14-20)21(27)23-17-7-9-18(10-8-17)24-22(28)25-19-11-12-19/h5-10,13-14,19H,3-4,11-12,15H2,1-2H3,(H,23,27)(H2,24,25,28). The van der Waals surface area contributed by atoms with Gasteiger partial charge in [-0.05, 0) is 74.7 Å². The molecule has 148 valence electrons. The molecule has 2 aromatic rings. The first-order valence-electron chi connectivity index (χ1n) is 9.93. The first kappa shape index (κ1) is 19.7. The number of amides is 3. The predicted molar refractivity (Wildman–Crippen MR) is 114 cm³/mol. The van der Waals surface area contributed by atoms with E-state index in [0.29, 0.717) is 23.0 Å². The second-order valence-electron chi connectivity index (χ2n) is 7.03. The topological polar surface area (TPSA) is 73.5 Å². The molecular weight excluding hydrogens is 352 g/mol. The Morgan fingerprint density at radius 2 is 1.54 bits per heavy atom. The monoisotopic (exact) mass is 380 g/mol. The average molecular weight is 380 g/mol. The Kier molecular flexibility index (Phi) is 6.53. The first-order valence-corrected chi connectivity index (χ1v) is 9.93. The van der Waals surface area contributed by atoms with Crippen LogP contribution >= 0.6 is 0 Å². The highest BCUT2D eigenvalue weighted by atomic mass is 16.2. The van der Waals surface area contributed by atoms with Gasteiger partial charge in [0.15, 0.2) is 0 Å². The van der Waals surface area contributed by atoms with E-state index in [2.05, 4.69) is 34.7 Å². The van der Waals surface area contributed by atoms with Gasteiger partial charge < -0.3 is 20.9 Å². The molecule has 0 radical (unpaired) electrons. The third-order valence-electron chi connectivity index (χ3n) is 4.68. The summed E-state index contributed by atoms with van der Waals surface area (Å²) in [5.41, 5.74) is 3.11. The zero-order valence-electron chi connectivity index (χ0n) is 16.5. The van der Waals surface area contributed by atoms with E-state index in [1.165, 1.54) is 0 Å². The molecular formula is C22H28N4O2. The van der Waals surface area contributed by atoms with Crippen LogP contribution in [0.5, 0.6) is 0 Å². The van der Waals surface area contributed by atoms with Gasteiger partial charge in [-0.25, -0.2) is 4.79 Å². The molecule has 0 unspecified atom stereocenters. The Morgan fingerprint density at radius 3 is 2.07 bits per heavy atom. The Bertz CT molecular complexity index is 798. The largest absolute Gasteiger partial charge is 0.372 e. The molecule has 6 nitrogen and oxygen atoms in total. The smallest absolute Gasteiger partial charge is 0.319 e. The van der Waals surface area contributed by atoms with Gasteiger partial charge in [0.05, 0.1) is 0 Å². The van der Waals surface area contributed by atoms with Gasteiger partial charge in [-0.15, -0.1) is 0 Å². The number of nitrogens with one attached hydrogen (secondary N) is 3. The maximum Gasteiger partial charge on any atom is 0.319 e. The summed E-state index contributed by atoms with van der Waals surface area (Å²) in [6.45, 7) is 6.23. The van der Waals surface area contributed by atoms with Gasteiger partial charge >= 0.3 is 6.03 Å². The molecule has 0 aliphatic heterocycles. The highest BCUT2D eigenvalue weighted by molar-refractivity contribution is 6.04. The van der Waals surface area contributed by atoms with Gasteiger partial charge in [0.1, 0.15) is 0 Å². The molecule has 1 aliphatic rings. The van der Waals surface area contributed by atoms with E-state index in [-0.39, 0.29) is 11.9 Å². The second kappa shape index (κ2) is 9.26. The number of carbonyl (C=O) groups excluding carboxylic acids is 2. The normalized spacial score (nSPS) is 12.9. The molecule has 6 heteroatoms. The van der Waals surface area contributed by atoms with Crippen molar-refractivity contribution >= 4 is 29.0 Å². The summed E-state index contributed by atoms with van der Waals surface area (Å²) in [5, 5.41) is 8.55. The van der Waals surface area contributed by atoms with E-state index in [9.17, 15) is 9.59 Å². The molecule has 0 spiro atoms. The molecule has 0 atom stereocenters. The van der Waals surface area contributed by atoms with Crippen molar-refractivity contribution in [3.05, 3.63) is 54.1 Å². The number of benzene rings is 2. The maximum atomic E-state index is 12.5. The van der Waals surface area contributed by atoms with Crippen LogP contribution in [0.25, 0.3) is 0 Å². The van der Waals surface area contributed by atoms with Crippen molar-refractivity contribution in [2.75, 3.05) is 28.6 Å². The van der Waals surface area contributed by atoms with Crippen LogP contribution in [0.1, 0.15) is 43.5 Å². The summed E-state index contributed by atoms with van der Waals surface area (Å²) < 4.78 is 0. The summed E-state index contributed by atoms with van der Waals surface area (Å²) in [7, 11) is 0. The molecule has 3 amide bonds. The lowest BCUT2D eigenvalue weighted by molar-refractivity contribution is 0.102. The predicted octanol–water partition coefficient (Wildman–Crippen LogP) is 4.46. The van der Waals surface area contributed by atoms with E-state index in [1.54, 1.807) is 24.3 Å². The van der Waals surface area contributed by atoms with Crippen LogP contribution in [0.3, 0.4) is 0 Å². The number of urea groups is 1. The lowest BCUT2D eigenvalue weighted by Gasteiger charge is -2.22. The summed E-state index contributed by atoms with van der Waals surface area (Å²) in [4.78, 5) is 26.5. The van der Waals surface area contributed by atoms with Crippen LogP contribution in [0.4, 0.5) is 21.9 Å². The Balaban J connectivity index is 1.55. The molecule has 3 rings (SSSR count). The SMILES string of the molecule is CCCN(CC)c1ccc(C(=O)Nc2ccc(NC(=O)NC3CC3)cc2)cc1. The van der Waals surface area contributed by atoms with Crippen LogP contribution in [0, 0.1) is 0 Å². The number of nitrogens with zero attached hydrogens (tertiary/aromatic N) is 1. The van der Waals surface area contributed by atoms with Gasteiger partial charge in [0, 0.05) is 41.8 Å². The van der Waals surface area contributed by atoms with Crippen molar-refractivity contribution in [3.8, 4) is 0 Å².